The Morgan fingerprint density at radius 1 is 1.07 bits per heavy atom. The molecular weight excluding hydrogens is 305 g/mol. The van der Waals surface area contributed by atoms with Crippen molar-refractivity contribution in [2.75, 3.05) is 7.05 Å². The lowest BCUT2D eigenvalue weighted by Gasteiger charge is -2.17. The number of carbonyl (C=O) groups excluding carboxylic acids is 2. The molecule has 0 unspecified atom stereocenters. The normalized spacial score (nSPS) is 15.3. The number of benzene rings is 1. The van der Waals surface area contributed by atoms with Gasteiger partial charge in [0, 0.05) is 18.2 Å². The minimum Gasteiger partial charge on any atom is -0.384 e. The number of fused-ring (bicyclic) bond motifs is 1. The molecule has 1 aromatic carbocycles. The number of hydrogen-bond acceptors (Lipinski definition) is 3. The summed E-state index contributed by atoms with van der Waals surface area (Å²) >= 11 is 1.90. The molecular formula is C11H8INO2. The van der Waals surface area contributed by atoms with Crippen LogP contribution in [0.3, 0.4) is 0 Å². The van der Waals surface area contributed by atoms with Gasteiger partial charge in [-0.05, 0) is 22.6 Å². The van der Waals surface area contributed by atoms with Crippen LogP contribution < -0.4 is 5.32 Å². The third-order valence-electron chi connectivity index (χ3n) is 2.31. The second-order valence-corrected chi connectivity index (χ2v) is 4.22. The van der Waals surface area contributed by atoms with Gasteiger partial charge in [0.2, 0.25) is 11.6 Å². The second kappa shape index (κ2) is 3.77. The summed E-state index contributed by atoms with van der Waals surface area (Å²) in [5.41, 5.74) is 1.36. The molecule has 15 heavy (non-hydrogen) atoms. The van der Waals surface area contributed by atoms with Gasteiger partial charge in [-0.1, -0.05) is 24.3 Å². The summed E-state index contributed by atoms with van der Waals surface area (Å²) < 4.78 is 0.457. The maximum atomic E-state index is 11.9. The summed E-state index contributed by atoms with van der Waals surface area (Å²) in [6, 6.07) is 6.88. The van der Waals surface area contributed by atoms with E-state index in [-0.39, 0.29) is 11.6 Å². The third-order valence-corrected chi connectivity index (χ3v) is 3.34. The highest BCUT2D eigenvalue weighted by atomic mass is 127. The Balaban J connectivity index is 2.68. The zero-order valence-electron chi connectivity index (χ0n) is 8.00. The summed E-state index contributed by atoms with van der Waals surface area (Å²) in [5, 5.41) is 2.78. The first-order valence-electron chi connectivity index (χ1n) is 4.42. The van der Waals surface area contributed by atoms with Crippen molar-refractivity contribution >= 4 is 34.2 Å². The summed E-state index contributed by atoms with van der Waals surface area (Å²) in [6.07, 6.45) is 0. The van der Waals surface area contributed by atoms with E-state index in [0.29, 0.717) is 20.4 Å². The zero-order chi connectivity index (χ0) is 11.0. The maximum Gasteiger partial charge on any atom is 0.210 e. The number of hydrogen-bond donors (Lipinski definition) is 1. The summed E-state index contributed by atoms with van der Waals surface area (Å²) in [4.78, 5) is 23.8. The van der Waals surface area contributed by atoms with Gasteiger partial charge in [0.05, 0.1) is 3.58 Å². The highest BCUT2D eigenvalue weighted by Crippen LogP contribution is 2.28. The van der Waals surface area contributed by atoms with Crippen LogP contribution in [-0.2, 0) is 0 Å². The van der Waals surface area contributed by atoms with Gasteiger partial charge in [-0.15, -0.1) is 0 Å². The first-order chi connectivity index (χ1) is 7.16. The molecule has 0 aliphatic heterocycles. The van der Waals surface area contributed by atoms with E-state index in [9.17, 15) is 9.59 Å². The Morgan fingerprint density at radius 2 is 1.60 bits per heavy atom. The topological polar surface area (TPSA) is 46.2 Å². The van der Waals surface area contributed by atoms with E-state index in [1.54, 1.807) is 31.3 Å². The minimum absolute atomic E-state index is 0.0878. The van der Waals surface area contributed by atoms with Gasteiger partial charge < -0.3 is 5.32 Å². The summed E-state index contributed by atoms with van der Waals surface area (Å²) in [7, 11) is 1.65. The van der Waals surface area contributed by atoms with E-state index < -0.39 is 0 Å². The molecule has 0 radical (unpaired) electrons. The molecule has 0 saturated carbocycles. The van der Waals surface area contributed by atoms with Crippen LogP contribution in [0.2, 0.25) is 0 Å². The van der Waals surface area contributed by atoms with Crippen molar-refractivity contribution in [1.82, 2.24) is 5.32 Å². The lowest BCUT2D eigenvalue weighted by molar-refractivity contribution is 0.0978. The van der Waals surface area contributed by atoms with Gasteiger partial charge in [-0.3, -0.25) is 9.59 Å². The highest BCUT2D eigenvalue weighted by molar-refractivity contribution is 14.1. The van der Waals surface area contributed by atoms with Crippen LogP contribution in [0.15, 0.2) is 33.5 Å². The molecule has 0 heterocycles. The summed E-state index contributed by atoms with van der Waals surface area (Å²) in [5.74, 6) is -0.202. The third kappa shape index (κ3) is 1.49. The van der Waals surface area contributed by atoms with Crippen LogP contribution in [0.25, 0.3) is 0 Å². The Labute approximate surface area is 101 Å². The fourth-order valence-corrected chi connectivity index (χ4v) is 2.37. The van der Waals surface area contributed by atoms with Crippen LogP contribution in [0, 0.1) is 0 Å². The zero-order valence-corrected chi connectivity index (χ0v) is 10.2. The number of nitrogens with one attached hydrogen (secondary N) is 1. The minimum atomic E-state index is -0.114. The molecule has 0 saturated heterocycles. The summed E-state index contributed by atoms with van der Waals surface area (Å²) in [6.45, 7) is 0. The number of halogens is 1. The van der Waals surface area contributed by atoms with Crippen molar-refractivity contribution in [2.45, 2.75) is 0 Å². The highest BCUT2D eigenvalue weighted by Gasteiger charge is 2.29. The molecule has 1 aliphatic carbocycles. The molecule has 1 aromatic rings. The van der Waals surface area contributed by atoms with Crippen molar-refractivity contribution < 1.29 is 9.59 Å². The van der Waals surface area contributed by atoms with Crippen molar-refractivity contribution in [1.29, 1.82) is 0 Å². The standard InChI is InChI=1S/C11H8INO2/c1-13-9-8(12)10(14)6-4-2-3-5-7(6)11(9)15/h2-5,13H,1H3. The van der Waals surface area contributed by atoms with E-state index in [0.717, 1.165) is 0 Å². The maximum absolute atomic E-state index is 11.9. The van der Waals surface area contributed by atoms with Gasteiger partial charge in [0.25, 0.3) is 0 Å². The molecule has 1 aliphatic rings. The van der Waals surface area contributed by atoms with Crippen molar-refractivity contribution in [3.05, 3.63) is 44.7 Å². The Morgan fingerprint density at radius 3 is 2.13 bits per heavy atom. The average Bonchev–Trinajstić information content (AvgIpc) is 2.27. The smallest absolute Gasteiger partial charge is 0.210 e. The molecule has 3 nitrogen and oxygen atoms in total. The van der Waals surface area contributed by atoms with E-state index >= 15 is 0 Å². The lowest BCUT2D eigenvalue weighted by Crippen LogP contribution is -2.26. The van der Waals surface area contributed by atoms with E-state index in [4.69, 9.17) is 0 Å². The number of ketones is 2. The van der Waals surface area contributed by atoms with Crippen molar-refractivity contribution in [3.8, 4) is 0 Å². The predicted molar refractivity (Wildman–Crippen MR) is 65.2 cm³/mol. The van der Waals surface area contributed by atoms with Gasteiger partial charge in [0.1, 0.15) is 5.70 Å². The molecule has 4 heteroatoms. The van der Waals surface area contributed by atoms with Gasteiger partial charge in [-0.25, -0.2) is 0 Å². The first-order valence-corrected chi connectivity index (χ1v) is 5.50. The van der Waals surface area contributed by atoms with Crippen LogP contribution in [0.4, 0.5) is 0 Å². The van der Waals surface area contributed by atoms with Crippen LogP contribution in [0.5, 0.6) is 0 Å². The van der Waals surface area contributed by atoms with Gasteiger partial charge in [0.15, 0.2) is 0 Å². The molecule has 0 spiro atoms. The van der Waals surface area contributed by atoms with Gasteiger partial charge in [-0.2, -0.15) is 0 Å². The molecule has 0 atom stereocenters. The van der Waals surface area contributed by atoms with Crippen molar-refractivity contribution in [2.24, 2.45) is 0 Å². The van der Waals surface area contributed by atoms with E-state index in [2.05, 4.69) is 5.32 Å². The molecule has 0 amide bonds. The van der Waals surface area contributed by atoms with Crippen LogP contribution >= 0.6 is 22.6 Å². The Hall–Kier alpha value is -1.17. The monoisotopic (exact) mass is 313 g/mol. The molecule has 1 N–H and O–H groups in total. The SMILES string of the molecule is CNC1=C(I)C(=O)c2ccccc2C1=O. The largest absolute Gasteiger partial charge is 0.384 e. The number of likely N-dealkylation sites (N-methyl/N-ethyl adjacent to an activating group) is 1. The van der Waals surface area contributed by atoms with E-state index in [1.165, 1.54) is 0 Å². The molecule has 0 fully saturated rings. The first kappa shape index (κ1) is 10.4. The number of Topliss-reactive ketones (excluding diaryl/α,β-unsaturated/α-hetero) is 2. The number of rotatable bonds is 1. The Kier molecular flexibility index (Phi) is 2.60. The average molecular weight is 313 g/mol. The number of allylic oxidation sites excluding steroid dienone is 2. The fourth-order valence-electron chi connectivity index (χ4n) is 1.57. The lowest BCUT2D eigenvalue weighted by atomic mass is 9.93. The Bertz CT molecular complexity index is 491. The molecule has 0 aromatic heterocycles. The van der Waals surface area contributed by atoms with Crippen LogP contribution in [0.1, 0.15) is 20.7 Å². The van der Waals surface area contributed by atoms with Crippen LogP contribution in [-0.4, -0.2) is 18.6 Å². The van der Waals surface area contributed by atoms with Crippen molar-refractivity contribution in [3.63, 3.8) is 0 Å². The molecule has 76 valence electrons. The fraction of sp³-hybridized carbons (Fsp3) is 0.0909. The van der Waals surface area contributed by atoms with Gasteiger partial charge >= 0.3 is 0 Å². The molecule has 0 bridgehead atoms. The number of carbonyl (C=O) groups is 2. The predicted octanol–water partition coefficient (Wildman–Crippen LogP) is 1.93. The molecule has 2 rings (SSSR count). The second-order valence-electron chi connectivity index (χ2n) is 3.14. The quantitative estimate of drug-likeness (QED) is 0.806. The van der Waals surface area contributed by atoms with E-state index in [1.807, 2.05) is 22.6 Å².